The molecule has 0 saturated carbocycles. The van der Waals surface area contributed by atoms with Gasteiger partial charge in [-0.25, -0.2) is 14.4 Å². The molecule has 0 bridgehead atoms. The number of carbonyl (C=O) groups excluding carboxylic acids is 1. The summed E-state index contributed by atoms with van der Waals surface area (Å²) in [6.45, 7) is 4.32. The first kappa shape index (κ1) is 20.9. The Morgan fingerprint density at radius 3 is 2.82 bits per heavy atom. The molecule has 4 heterocycles. The van der Waals surface area contributed by atoms with E-state index in [-0.39, 0.29) is 30.1 Å². The largest absolute Gasteiger partial charge is 0.480 e. The number of nitrogens with zero attached hydrogens (tertiary/aromatic N) is 4. The van der Waals surface area contributed by atoms with Crippen molar-refractivity contribution in [3.05, 3.63) is 48.4 Å². The Morgan fingerprint density at radius 2 is 2.00 bits per heavy atom. The lowest BCUT2D eigenvalue weighted by Crippen LogP contribution is -2.43. The van der Waals surface area contributed by atoms with Crippen LogP contribution in [0.2, 0.25) is 0 Å². The van der Waals surface area contributed by atoms with Crippen LogP contribution < -0.4 is 25.6 Å². The molecule has 11 heteroatoms. The molecule has 1 fully saturated rings. The highest BCUT2D eigenvalue weighted by atomic mass is 19.1. The van der Waals surface area contributed by atoms with Crippen LogP contribution in [0.3, 0.4) is 0 Å². The number of hydrogen-bond acceptors (Lipinski definition) is 9. The Hall–Kier alpha value is -3.99. The fourth-order valence-corrected chi connectivity index (χ4v) is 3.65. The van der Waals surface area contributed by atoms with Gasteiger partial charge in [0.1, 0.15) is 5.82 Å². The lowest BCUT2D eigenvalue weighted by atomic mass is 10.2. The molecule has 0 unspecified atom stereocenters. The third-order valence-electron chi connectivity index (χ3n) is 5.29. The molecule has 0 radical (unpaired) electrons. The summed E-state index contributed by atoms with van der Waals surface area (Å²) in [4.78, 5) is 26.3. The van der Waals surface area contributed by atoms with E-state index in [2.05, 4.69) is 42.7 Å². The summed E-state index contributed by atoms with van der Waals surface area (Å²) in [6.07, 6.45) is 1.07. The van der Waals surface area contributed by atoms with Crippen molar-refractivity contribution in [3.63, 3.8) is 0 Å². The zero-order valence-corrected chi connectivity index (χ0v) is 17.8. The third-order valence-corrected chi connectivity index (χ3v) is 5.29. The van der Waals surface area contributed by atoms with Crippen molar-refractivity contribution in [2.24, 2.45) is 0 Å². The first-order valence-corrected chi connectivity index (χ1v) is 10.5. The van der Waals surface area contributed by atoms with Gasteiger partial charge in [0.25, 0.3) is 5.91 Å². The van der Waals surface area contributed by atoms with Gasteiger partial charge < -0.3 is 30.3 Å². The monoisotopic (exact) mass is 451 g/mol. The number of hydrogen-bond donors (Lipinski definition) is 3. The number of amides is 1. The first-order valence-electron chi connectivity index (χ1n) is 10.5. The zero-order valence-electron chi connectivity index (χ0n) is 17.8. The van der Waals surface area contributed by atoms with Crippen molar-refractivity contribution in [1.29, 1.82) is 0 Å². The summed E-state index contributed by atoms with van der Waals surface area (Å²) in [5.74, 6) is 0.229. The second-order valence-corrected chi connectivity index (χ2v) is 7.68. The molecule has 170 valence electrons. The van der Waals surface area contributed by atoms with E-state index < -0.39 is 5.82 Å². The van der Waals surface area contributed by atoms with Crippen LogP contribution in [0.1, 0.15) is 6.92 Å². The van der Waals surface area contributed by atoms with Crippen LogP contribution in [0.25, 0.3) is 0 Å². The van der Waals surface area contributed by atoms with E-state index >= 15 is 0 Å². The van der Waals surface area contributed by atoms with Crippen molar-refractivity contribution in [2.45, 2.75) is 13.0 Å². The molecule has 10 nitrogen and oxygen atoms in total. The molecular weight excluding hydrogens is 429 g/mol. The summed E-state index contributed by atoms with van der Waals surface area (Å²) in [5.41, 5.74) is 1.87. The number of carbonyl (C=O) groups is 1. The second-order valence-electron chi connectivity index (χ2n) is 7.68. The van der Waals surface area contributed by atoms with Crippen LogP contribution in [-0.2, 0) is 9.53 Å². The molecule has 1 atom stereocenters. The molecule has 2 aliphatic rings. The number of ether oxygens (including phenoxy) is 2. The number of pyridine rings is 1. The Morgan fingerprint density at radius 1 is 1.15 bits per heavy atom. The third kappa shape index (κ3) is 4.62. The molecule has 2 aliphatic heterocycles. The lowest BCUT2D eigenvalue weighted by molar-refractivity contribution is -0.118. The molecule has 3 aromatic rings. The van der Waals surface area contributed by atoms with E-state index in [9.17, 15) is 9.18 Å². The summed E-state index contributed by atoms with van der Waals surface area (Å²) >= 11 is 0. The van der Waals surface area contributed by atoms with Gasteiger partial charge in [0.2, 0.25) is 5.95 Å². The molecule has 0 spiro atoms. The minimum absolute atomic E-state index is 0.0539. The number of aromatic nitrogens is 3. The number of nitrogens with one attached hydrogen (secondary N) is 3. The average Bonchev–Trinajstić information content (AvgIpc) is 2.82. The van der Waals surface area contributed by atoms with Crippen LogP contribution in [-0.4, -0.2) is 53.3 Å². The maximum atomic E-state index is 14.3. The van der Waals surface area contributed by atoms with Crippen molar-refractivity contribution in [1.82, 2.24) is 15.0 Å². The van der Waals surface area contributed by atoms with E-state index in [1.165, 1.54) is 0 Å². The summed E-state index contributed by atoms with van der Waals surface area (Å²) in [6, 6.07) is 11.4. The van der Waals surface area contributed by atoms with Gasteiger partial charge in [-0.1, -0.05) is 0 Å². The van der Waals surface area contributed by atoms with E-state index in [0.29, 0.717) is 30.8 Å². The summed E-state index contributed by atoms with van der Waals surface area (Å²) < 4.78 is 25.1. The average molecular weight is 451 g/mol. The molecule has 0 aliphatic carbocycles. The van der Waals surface area contributed by atoms with Crippen LogP contribution in [0.4, 0.5) is 39.2 Å². The number of morpholine rings is 1. The van der Waals surface area contributed by atoms with E-state index in [0.717, 1.165) is 24.1 Å². The van der Waals surface area contributed by atoms with Gasteiger partial charge in [0.15, 0.2) is 29.8 Å². The fraction of sp³-hybridized carbons (Fsp3) is 0.273. The van der Waals surface area contributed by atoms with Crippen LogP contribution >= 0.6 is 0 Å². The maximum absolute atomic E-state index is 14.3. The maximum Gasteiger partial charge on any atom is 0.263 e. The van der Waals surface area contributed by atoms with Crippen molar-refractivity contribution < 1.29 is 18.7 Å². The highest BCUT2D eigenvalue weighted by molar-refractivity contribution is 5.94. The van der Waals surface area contributed by atoms with E-state index in [1.807, 2.05) is 24.3 Å². The molecule has 1 saturated heterocycles. The normalized spacial score (nSPS) is 17.6. The number of rotatable bonds is 5. The predicted molar refractivity (Wildman–Crippen MR) is 121 cm³/mol. The molecule has 2 aromatic heterocycles. The number of fused-ring (bicyclic) bond motifs is 1. The minimum atomic E-state index is -0.642. The highest BCUT2D eigenvalue weighted by Gasteiger charge is 2.20. The molecular formula is C22H22FN7O3. The van der Waals surface area contributed by atoms with E-state index in [4.69, 9.17) is 9.47 Å². The first-order chi connectivity index (χ1) is 16.0. The fourth-order valence-electron chi connectivity index (χ4n) is 3.65. The number of anilines is 6. The van der Waals surface area contributed by atoms with Gasteiger partial charge >= 0.3 is 0 Å². The SMILES string of the molecule is C[C@@H]1COCCN1c1ccc(Nc2ncc(F)c(Nc3ccc4c(n3)NC(=O)CO4)n2)cc1. The van der Waals surface area contributed by atoms with Gasteiger partial charge in [-0.15, -0.1) is 0 Å². The van der Waals surface area contributed by atoms with Crippen LogP contribution in [0, 0.1) is 5.82 Å². The number of benzene rings is 1. The van der Waals surface area contributed by atoms with Gasteiger partial charge in [-0.05, 0) is 43.3 Å². The Balaban J connectivity index is 1.30. The number of halogens is 1. The Labute approximate surface area is 189 Å². The second kappa shape index (κ2) is 8.87. The van der Waals surface area contributed by atoms with Crippen LogP contribution in [0.15, 0.2) is 42.6 Å². The summed E-state index contributed by atoms with van der Waals surface area (Å²) in [7, 11) is 0. The standard InChI is InChI=1S/C22H22FN7O3/c1-13-11-32-9-8-30(13)15-4-2-14(3-5-15)25-22-24-10-16(23)20(29-22)26-18-7-6-17-21(27-18)28-19(31)12-33-17/h2-7,10,13H,8-9,11-12H2,1H3,(H3,24,25,26,27,28,29,31)/t13-/m1/s1. The zero-order chi connectivity index (χ0) is 22.8. The minimum Gasteiger partial charge on any atom is -0.480 e. The van der Waals surface area contributed by atoms with Gasteiger partial charge in [-0.2, -0.15) is 4.98 Å². The van der Waals surface area contributed by atoms with Crippen molar-refractivity contribution in [2.75, 3.05) is 47.2 Å². The van der Waals surface area contributed by atoms with Gasteiger partial charge in [0.05, 0.1) is 19.4 Å². The van der Waals surface area contributed by atoms with E-state index in [1.54, 1.807) is 12.1 Å². The molecule has 5 rings (SSSR count). The Kier molecular flexibility index (Phi) is 5.61. The quantitative estimate of drug-likeness (QED) is 0.539. The molecule has 3 N–H and O–H groups in total. The Bertz CT molecular complexity index is 1180. The predicted octanol–water partition coefficient (Wildman–Crippen LogP) is 3.05. The highest BCUT2D eigenvalue weighted by Crippen LogP contribution is 2.29. The smallest absolute Gasteiger partial charge is 0.263 e. The van der Waals surface area contributed by atoms with Gasteiger partial charge in [-0.3, -0.25) is 4.79 Å². The topological polar surface area (TPSA) is 114 Å². The van der Waals surface area contributed by atoms with Crippen molar-refractivity contribution >= 4 is 40.7 Å². The molecule has 1 aromatic carbocycles. The van der Waals surface area contributed by atoms with Gasteiger partial charge in [0, 0.05) is 24.0 Å². The van der Waals surface area contributed by atoms with Crippen LogP contribution in [0.5, 0.6) is 5.75 Å². The lowest BCUT2D eigenvalue weighted by Gasteiger charge is -2.35. The summed E-state index contributed by atoms with van der Waals surface area (Å²) in [5, 5.41) is 8.51. The van der Waals surface area contributed by atoms with Crippen molar-refractivity contribution in [3.8, 4) is 5.75 Å². The molecule has 1 amide bonds. The molecule has 33 heavy (non-hydrogen) atoms.